The third-order valence-electron chi connectivity index (χ3n) is 5.15. The Morgan fingerprint density at radius 2 is 1.73 bits per heavy atom. The quantitative estimate of drug-likeness (QED) is 0.725. The number of hydrogen-bond donors (Lipinski definition) is 1. The number of benzene rings is 1. The van der Waals surface area contributed by atoms with Gasteiger partial charge in [0.1, 0.15) is 0 Å². The summed E-state index contributed by atoms with van der Waals surface area (Å²) in [4.78, 5) is 27.2. The lowest BCUT2D eigenvalue weighted by Gasteiger charge is -2.34. The average Bonchev–Trinajstić information content (AvgIpc) is 2.66. The van der Waals surface area contributed by atoms with E-state index in [-0.39, 0.29) is 29.7 Å². The first-order valence-electron chi connectivity index (χ1n) is 9.64. The summed E-state index contributed by atoms with van der Waals surface area (Å²) >= 11 is 0. The van der Waals surface area contributed by atoms with Crippen LogP contribution in [0.1, 0.15) is 45.1 Å². The second-order valence-corrected chi connectivity index (χ2v) is 7.38. The summed E-state index contributed by atoms with van der Waals surface area (Å²) in [6.07, 6.45) is 3.15. The molecule has 0 aliphatic heterocycles. The number of carbonyl (C=O) groups is 2. The highest BCUT2D eigenvalue weighted by Gasteiger charge is 2.32. The number of hydrogen-bond acceptors (Lipinski definition) is 3. The normalized spacial score (nSPS) is 20.0. The second-order valence-electron chi connectivity index (χ2n) is 7.38. The standard InChI is InChI=1S/C21H32N2O3/c1-16(2)23(15-17-7-5-4-6-8-17)21(25)19-11-9-18(10-12-19)20(24)22-13-14-26-3/h4-8,16,18-19H,9-15H2,1-3H3,(H,22,24). The zero-order chi connectivity index (χ0) is 18.9. The fraction of sp³-hybridized carbons (Fsp3) is 0.619. The predicted molar refractivity (Wildman–Crippen MR) is 102 cm³/mol. The van der Waals surface area contributed by atoms with Crippen molar-refractivity contribution in [3.05, 3.63) is 35.9 Å². The van der Waals surface area contributed by atoms with Gasteiger partial charge in [-0.1, -0.05) is 30.3 Å². The Balaban J connectivity index is 1.88. The molecule has 0 radical (unpaired) electrons. The fourth-order valence-corrected chi connectivity index (χ4v) is 3.55. The Morgan fingerprint density at radius 1 is 1.12 bits per heavy atom. The monoisotopic (exact) mass is 360 g/mol. The van der Waals surface area contributed by atoms with Gasteiger partial charge in [-0.2, -0.15) is 0 Å². The molecule has 0 aromatic heterocycles. The van der Waals surface area contributed by atoms with Crippen molar-refractivity contribution in [2.45, 2.75) is 52.1 Å². The van der Waals surface area contributed by atoms with Gasteiger partial charge in [-0.25, -0.2) is 0 Å². The van der Waals surface area contributed by atoms with E-state index >= 15 is 0 Å². The second kappa shape index (κ2) is 10.3. The summed E-state index contributed by atoms with van der Waals surface area (Å²) in [6.45, 7) is 5.86. The van der Waals surface area contributed by atoms with Gasteiger partial charge in [-0.15, -0.1) is 0 Å². The molecule has 1 aliphatic carbocycles. The molecular formula is C21H32N2O3. The summed E-state index contributed by atoms with van der Waals surface area (Å²) in [5, 5.41) is 2.91. The maximum absolute atomic E-state index is 13.0. The van der Waals surface area contributed by atoms with Crippen LogP contribution in [0.25, 0.3) is 0 Å². The Morgan fingerprint density at radius 3 is 2.31 bits per heavy atom. The van der Waals surface area contributed by atoms with Crippen molar-refractivity contribution in [3.63, 3.8) is 0 Å². The van der Waals surface area contributed by atoms with Gasteiger partial charge in [0.2, 0.25) is 11.8 Å². The largest absolute Gasteiger partial charge is 0.383 e. The molecule has 0 saturated heterocycles. The van der Waals surface area contributed by atoms with Gasteiger partial charge >= 0.3 is 0 Å². The molecule has 1 aromatic carbocycles. The molecule has 0 heterocycles. The lowest BCUT2D eigenvalue weighted by atomic mass is 9.80. The molecule has 1 aliphatic rings. The minimum atomic E-state index is 0.0255. The van der Waals surface area contributed by atoms with Gasteiger partial charge in [-0.05, 0) is 45.1 Å². The van der Waals surface area contributed by atoms with Crippen LogP contribution in [0.4, 0.5) is 0 Å². The van der Waals surface area contributed by atoms with Crippen molar-refractivity contribution in [1.29, 1.82) is 0 Å². The first kappa shape index (κ1) is 20.4. The molecule has 0 unspecified atom stereocenters. The van der Waals surface area contributed by atoms with Gasteiger partial charge in [-0.3, -0.25) is 9.59 Å². The number of nitrogens with one attached hydrogen (secondary N) is 1. The molecule has 1 aromatic rings. The van der Waals surface area contributed by atoms with E-state index in [1.165, 1.54) is 0 Å². The number of methoxy groups -OCH3 is 1. The Bertz CT molecular complexity index is 566. The molecule has 5 heteroatoms. The third kappa shape index (κ3) is 5.84. The van der Waals surface area contributed by atoms with Gasteiger partial charge in [0.15, 0.2) is 0 Å². The maximum atomic E-state index is 13.0. The Kier molecular flexibility index (Phi) is 8.10. The minimum Gasteiger partial charge on any atom is -0.383 e. The molecule has 1 N–H and O–H groups in total. The van der Waals surface area contributed by atoms with Crippen molar-refractivity contribution in [2.24, 2.45) is 11.8 Å². The van der Waals surface area contributed by atoms with Crippen molar-refractivity contribution in [2.75, 3.05) is 20.3 Å². The minimum absolute atomic E-state index is 0.0255. The highest BCUT2D eigenvalue weighted by Crippen LogP contribution is 2.31. The van der Waals surface area contributed by atoms with Crippen molar-refractivity contribution >= 4 is 11.8 Å². The van der Waals surface area contributed by atoms with E-state index in [2.05, 4.69) is 31.3 Å². The van der Waals surface area contributed by atoms with Crippen LogP contribution in [0.15, 0.2) is 30.3 Å². The van der Waals surface area contributed by atoms with E-state index in [0.29, 0.717) is 19.7 Å². The summed E-state index contributed by atoms with van der Waals surface area (Å²) in [6, 6.07) is 10.3. The highest BCUT2D eigenvalue weighted by molar-refractivity contribution is 5.81. The van der Waals surface area contributed by atoms with Crippen LogP contribution in [-0.4, -0.2) is 43.0 Å². The molecule has 5 nitrogen and oxygen atoms in total. The molecule has 0 atom stereocenters. The first-order valence-corrected chi connectivity index (χ1v) is 9.64. The lowest BCUT2D eigenvalue weighted by Crippen LogP contribution is -2.42. The molecule has 26 heavy (non-hydrogen) atoms. The van der Waals surface area contributed by atoms with E-state index < -0.39 is 0 Å². The number of nitrogens with zero attached hydrogens (tertiary/aromatic N) is 1. The molecule has 144 valence electrons. The van der Waals surface area contributed by atoms with E-state index in [1.807, 2.05) is 23.1 Å². The topological polar surface area (TPSA) is 58.6 Å². The number of rotatable bonds is 8. The van der Waals surface area contributed by atoms with E-state index in [1.54, 1.807) is 7.11 Å². The Labute approximate surface area is 157 Å². The summed E-state index contributed by atoms with van der Waals surface area (Å²) in [5.41, 5.74) is 1.15. The van der Waals surface area contributed by atoms with E-state index in [9.17, 15) is 9.59 Å². The highest BCUT2D eigenvalue weighted by atomic mass is 16.5. The van der Waals surface area contributed by atoms with Crippen LogP contribution in [-0.2, 0) is 20.9 Å². The molecule has 2 amide bonds. The molecule has 2 rings (SSSR count). The summed E-state index contributed by atoms with van der Waals surface area (Å²) in [5.74, 6) is 0.377. The van der Waals surface area contributed by atoms with Crippen LogP contribution in [0.3, 0.4) is 0 Å². The molecule has 0 bridgehead atoms. The van der Waals surface area contributed by atoms with Crippen LogP contribution in [0.2, 0.25) is 0 Å². The smallest absolute Gasteiger partial charge is 0.226 e. The van der Waals surface area contributed by atoms with E-state index in [0.717, 1.165) is 31.2 Å². The van der Waals surface area contributed by atoms with Gasteiger partial charge in [0.05, 0.1) is 6.61 Å². The van der Waals surface area contributed by atoms with Crippen LogP contribution < -0.4 is 5.32 Å². The average molecular weight is 360 g/mol. The summed E-state index contributed by atoms with van der Waals surface area (Å²) < 4.78 is 4.96. The van der Waals surface area contributed by atoms with Crippen LogP contribution >= 0.6 is 0 Å². The number of carbonyl (C=O) groups excluding carboxylic acids is 2. The molecule has 0 spiro atoms. The number of amides is 2. The SMILES string of the molecule is COCCNC(=O)C1CCC(C(=O)N(Cc2ccccc2)C(C)C)CC1. The Hall–Kier alpha value is -1.88. The van der Waals surface area contributed by atoms with Crippen LogP contribution in [0, 0.1) is 11.8 Å². The zero-order valence-corrected chi connectivity index (χ0v) is 16.2. The molecule has 1 saturated carbocycles. The van der Waals surface area contributed by atoms with Gasteiger partial charge in [0, 0.05) is 38.1 Å². The zero-order valence-electron chi connectivity index (χ0n) is 16.2. The lowest BCUT2D eigenvalue weighted by molar-refractivity contribution is -0.140. The van der Waals surface area contributed by atoms with Crippen molar-refractivity contribution in [3.8, 4) is 0 Å². The predicted octanol–water partition coefficient (Wildman–Crippen LogP) is 2.99. The maximum Gasteiger partial charge on any atom is 0.226 e. The molecular weight excluding hydrogens is 328 g/mol. The fourth-order valence-electron chi connectivity index (χ4n) is 3.55. The summed E-state index contributed by atoms with van der Waals surface area (Å²) in [7, 11) is 1.62. The van der Waals surface area contributed by atoms with Crippen molar-refractivity contribution in [1.82, 2.24) is 10.2 Å². The van der Waals surface area contributed by atoms with E-state index in [4.69, 9.17) is 4.74 Å². The molecule has 1 fully saturated rings. The number of ether oxygens (including phenoxy) is 1. The first-order chi connectivity index (χ1) is 12.5. The van der Waals surface area contributed by atoms with Crippen molar-refractivity contribution < 1.29 is 14.3 Å². The van der Waals surface area contributed by atoms with Crippen LogP contribution in [0.5, 0.6) is 0 Å². The third-order valence-corrected chi connectivity index (χ3v) is 5.15. The van der Waals surface area contributed by atoms with Gasteiger partial charge in [0.25, 0.3) is 0 Å². The van der Waals surface area contributed by atoms with Gasteiger partial charge < -0.3 is 15.0 Å².